The van der Waals surface area contributed by atoms with E-state index in [-0.39, 0.29) is 37.5 Å². The molecule has 0 heterocycles. The lowest BCUT2D eigenvalue weighted by Crippen LogP contribution is -2.30. The van der Waals surface area contributed by atoms with Crippen LogP contribution in [0.4, 0.5) is 0 Å². The van der Waals surface area contributed by atoms with E-state index in [1.165, 1.54) is 109 Å². The van der Waals surface area contributed by atoms with Crippen molar-refractivity contribution in [1.29, 1.82) is 0 Å². The molecule has 0 aromatic carbocycles. The normalized spacial score (nSPS) is 12.6. The molecule has 0 aliphatic carbocycles. The fourth-order valence-corrected chi connectivity index (χ4v) is 6.86. The smallest absolute Gasteiger partial charge is 0.306 e. The number of carbonyl (C=O) groups excluding carboxylic acids is 3. The van der Waals surface area contributed by atoms with Crippen molar-refractivity contribution < 1.29 is 28.6 Å². The van der Waals surface area contributed by atoms with E-state index >= 15 is 0 Å². The largest absolute Gasteiger partial charge is 0.462 e. The molecule has 0 aromatic heterocycles. The number of carbonyl (C=O) groups is 3. The fraction of sp³-hybridized carbons (Fsp3) is 0.727. The van der Waals surface area contributed by atoms with Crippen LogP contribution in [-0.4, -0.2) is 37.2 Å². The zero-order valence-electron chi connectivity index (χ0n) is 39.9. The van der Waals surface area contributed by atoms with E-state index in [0.717, 1.165) is 83.5 Å². The average Bonchev–Trinajstić information content (AvgIpc) is 3.26. The van der Waals surface area contributed by atoms with Gasteiger partial charge < -0.3 is 14.2 Å². The Morgan fingerprint density at radius 2 is 0.672 bits per heavy atom. The van der Waals surface area contributed by atoms with Gasteiger partial charge in [-0.2, -0.15) is 0 Å². The summed E-state index contributed by atoms with van der Waals surface area (Å²) in [5, 5.41) is 0. The molecule has 0 saturated heterocycles. The first-order chi connectivity index (χ1) is 30.0. The Kier molecular flexibility index (Phi) is 46.9. The summed E-state index contributed by atoms with van der Waals surface area (Å²) in [4.78, 5) is 37.9. The third kappa shape index (κ3) is 47.7. The second-order valence-electron chi connectivity index (χ2n) is 16.7. The number of hydrogen-bond donors (Lipinski definition) is 0. The average molecular weight is 851 g/mol. The molecule has 1 atom stereocenters. The summed E-state index contributed by atoms with van der Waals surface area (Å²) in [6.45, 7) is 6.43. The molecule has 6 nitrogen and oxygen atoms in total. The zero-order valence-corrected chi connectivity index (χ0v) is 39.9. The summed E-state index contributed by atoms with van der Waals surface area (Å²) in [5.74, 6) is -1.01. The van der Waals surface area contributed by atoms with Crippen LogP contribution in [0.1, 0.15) is 239 Å². The lowest BCUT2D eigenvalue weighted by Gasteiger charge is -2.18. The van der Waals surface area contributed by atoms with Gasteiger partial charge in [0, 0.05) is 19.3 Å². The molecule has 0 aromatic rings. The van der Waals surface area contributed by atoms with Crippen molar-refractivity contribution in [2.45, 2.75) is 245 Å². The lowest BCUT2D eigenvalue weighted by atomic mass is 10.1. The van der Waals surface area contributed by atoms with E-state index in [1.807, 2.05) is 12.2 Å². The molecule has 6 heteroatoms. The van der Waals surface area contributed by atoms with Gasteiger partial charge in [0.05, 0.1) is 0 Å². The number of rotatable bonds is 45. The minimum Gasteiger partial charge on any atom is -0.462 e. The number of ether oxygens (including phenoxy) is 3. The van der Waals surface area contributed by atoms with Crippen molar-refractivity contribution in [2.24, 2.45) is 0 Å². The molecule has 0 amide bonds. The predicted octanol–water partition coefficient (Wildman–Crippen LogP) is 16.6. The number of hydrogen-bond acceptors (Lipinski definition) is 6. The van der Waals surface area contributed by atoms with Crippen LogP contribution in [-0.2, 0) is 28.6 Å². The minimum absolute atomic E-state index is 0.105. The first kappa shape index (κ1) is 57.9. The molecule has 0 rings (SSSR count). The molecule has 1 unspecified atom stereocenters. The Morgan fingerprint density at radius 1 is 0.344 bits per heavy atom. The Hall–Kier alpha value is -3.15. The van der Waals surface area contributed by atoms with E-state index < -0.39 is 6.10 Å². The van der Waals surface area contributed by atoms with Crippen molar-refractivity contribution in [1.82, 2.24) is 0 Å². The summed E-state index contributed by atoms with van der Waals surface area (Å²) in [6.07, 6.45) is 61.8. The SMILES string of the molecule is CC/C=C\C/C=C\C/C=C\C/C=C\CCC(=O)OCC(COC(=O)CCCCCCC/C=C\CCCCCCCC)OC(=O)CCCCCCC/C=C\CCCCCCCC. The van der Waals surface area contributed by atoms with Gasteiger partial charge in [-0.15, -0.1) is 0 Å². The Bertz CT molecular complexity index is 1160. The van der Waals surface area contributed by atoms with E-state index in [1.54, 1.807) is 0 Å². The van der Waals surface area contributed by atoms with Crippen molar-refractivity contribution in [3.63, 3.8) is 0 Å². The van der Waals surface area contributed by atoms with Gasteiger partial charge >= 0.3 is 17.9 Å². The number of unbranched alkanes of at least 4 members (excludes halogenated alkanes) is 22. The minimum atomic E-state index is -0.810. The topological polar surface area (TPSA) is 78.9 Å². The molecule has 0 fully saturated rings. The van der Waals surface area contributed by atoms with Gasteiger partial charge in [-0.25, -0.2) is 0 Å². The monoisotopic (exact) mass is 851 g/mol. The van der Waals surface area contributed by atoms with Crippen LogP contribution < -0.4 is 0 Å². The molecule has 0 spiro atoms. The first-order valence-electron chi connectivity index (χ1n) is 25.4. The maximum atomic E-state index is 12.8. The molecule has 0 aliphatic rings. The van der Waals surface area contributed by atoms with Crippen LogP contribution in [0.25, 0.3) is 0 Å². The van der Waals surface area contributed by atoms with Crippen LogP contribution in [0.2, 0.25) is 0 Å². The van der Waals surface area contributed by atoms with Gasteiger partial charge in [-0.1, -0.05) is 196 Å². The highest BCUT2D eigenvalue weighted by atomic mass is 16.6. The van der Waals surface area contributed by atoms with Crippen molar-refractivity contribution in [3.05, 3.63) is 72.9 Å². The highest BCUT2D eigenvalue weighted by molar-refractivity contribution is 5.71. The van der Waals surface area contributed by atoms with Crippen molar-refractivity contribution >= 4 is 17.9 Å². The highest BCUT2D eigenvalue weighted by Gasteiger charge is 2.19. The molecule has 0 bridgehead atoms. The van der Waals surface area contributed by atoms with Crippen LogP contribution in [0.3, 0.4) is 0 Å². The lowest BCUT2D eigenvalue weighted by molar-refractivity contribution is -0.166. The van der Waals surface area contributed by atoms with Gasteiger partial charge in [0.15, 0.2) is 6.10 Å². The molecule has 0 aliphatic heterocycles. The molecule has 350 valence electrons. The van der Waals surface area contributed by atoms with Crippen LogP contribution in [0, 0.1) is 0 Å². The molecular weight excluding hydrogens is 757 g/mol. The molecule has 0 saturated carbocycles. The molecule has 61 heavy (non-hydrogen) atoms. The standard InChI is InChI=1S/C55H94O6/c1-4-7-10-13-16-19-22-25-27-30-33-36-39-42-45-48-54(57)60-51-52(50-59-53(56)47-44-41-38-35-32-29-24-21-18-15-12-9-6-3)61-55(58)49-46-43-40-37-34-31-28-26-23-20-17-14-11-8-5-2/h9,12,18,21,25-29,32,38,41,52H,4-8,10-11,13-17,19-20,22-24,30-31,33-37,39-40,42-51H2,1-3H3/b12-9-,21-18-,27-25-,28-26-,32-29-,41-38-. The fourth-order valence-electron chi connectivity index (χ4n) is 6.86. The van der Waals surface area contributed by atoms with Gasteiger partial charge in [-0.3, -0.25) is 14.4 Å². The summed E-state index contributed by atoms with van der Waals surface area (Å²) in [5.41, 5.74) is 0. The Labute approximate surface area is 376 Å². The summed E-state index contributed by atoms with van der Waals surface area (Å²) < 4.78 is 16.7. The maximum Gasteiger partial charge on any atom is 0.306 e. The molecular formula is C55H94O6. The van der Waals surface area contributed by atoms with Gasteiger partial charge in [0.25, 0.3) is 0 Å². The van der Waals surface area contributed by atoms with E-state index in [4.69, 9.17) is 14.2 Å². The van der Waals surface area contributed by atoms with Crippen LogP contribution in [0.15, 0.2) is 72.9 Å². The summed E-state index contributed by atoms with van der Waals surface area (Å²) >= 11 is 0. The third-order valence-corrected chi connectivity index (χ3v) is 10.7. The number of esters is 3. The van der Waals surface area contributed by atoms with Gasteiger partial charge in [0.1, 0.15) is 13.2 Å². The maximum absolute atomic E-state index is 12.8. The third-order valence-electron chi connectivity index (χ3n) is 10.7. The molecule has 0 radical (unpaired) electrons. The second kappa shape index (κ2) is 49.5. The van der Waals surface area contributed by atoms with Crippen LogP contribution >= 0.6 is 0 Å². The van der Waals surface area contributed by atoms with Crippen LogP contribution in [0.5, 0.6) is 0 Å². The number of allylic oxidation sites excluding steroid dienone is 12. The van der Waals surface area contributed by atoms with Gasteiger partial charge in [-0.05, 0) is 96.3 Å². The highest BCUT2D eigenvalue weighted by Crippen LogP contribution is 2.13. The summed E-state index contributed by atoms with van der Waals surface area (Å²) in [7, 11) is 0. The van der Waals surface area contributed by atoms with E-state index in [9.17, 15) is 14.4 Å². The summed E-state index contributed by atoms with van der Waals surface area (Å²) in [6, 6.07) is 0. The Morgan fingerprint density at radius 3 is 1.10 bits per heavy atom. The quantitative estimate of drug-likeness (QED) is 0.0263. The zero-order chi connectivity index (χ0) is 44.4. The van der Waals surface area contributed by atoms with Crippen molar-refractivity contribution in [2.75, 3.05) is 13.2 Å². The first-order valence-corrected chi connectivity index (χ1v) is 25.4. The van der Waals surface area contributed by atoms with Crippen molar-refractivity contribution in [3.8, 4) is 0 Å². The Balaban J connectivity index is 4.49. The predicted molar refractivity (Wildman–Crippen MR) is 261 cm³/mol. The van der Waals surface area contributed by atoms with E-state index in [0.29, 0.717) is 19.3 Å². The van der Waals surface area contributed by atoms with Gasteiger partial charge in [0.2, 0.25) is 0 Å². The molecule has 0 N–H and O–H groups in total. The second-order valence-corrected chi connectivity index (χ2v) is 16.7. The van der Waals surface area contributed by atoms with E-state index in [2.05, 4.69) is 81.5 Å².